The van der Waals surface area contributed by atoms with Gasteiger partial charge in [-0.3, -0.25) is 14.2 Å². The second-order valence-corrected chi connectivity index (χ2v) is 7.30. The number of hydrogen-bond donors (Lipinski definition) is 1. The van der Waals surface area contributed by atoms with Crippen LogP contribution < -0.4 is 5.32 Å². The van der Waals surface area contributed by atoms with Gasteiger partial charge in [0.1, 0.15) is 10.8 Å². The minimum atomic E-state index is -4.55. The molecule has 11 heteroatoms. The molecular formula is C19H18ClF4N5O. The highest BCUT2D eigenvalue weighted by Crippen LogP contribution is 2.28. The average Bonchev–Trinajstić information content (AvgIpc) is 3.17. The minimum Gasteiger partial charge on any atom is -0.308 e. The molecule has 1 unspecified atom stereocenters. The van der Waals surface area contributed by atoms with Crippen molar-refractivity contribution in [3.8, 4) is 0 Å². The predicted molar refractivity (Wildman–Crippen MR) is 102 cm³/mol. The van der Waals surface area contributed by atoms with E-state index in [0.717, 1.165) is 10.7 Å². The lowest BCUT2D eigenvalue weighted by Crippen LogP contribution is -2.26. The first-order chi connectivity index (χ1) is 14.0. The molecule has 2 heterocycles. The molecule has 1 atom stereocenters. The van der Waals surface area contributed by atoms with E-state index in [1.807, 2.05) is 0 Å². The molecule has 0 radical (unpaired) electrons. The van der Waals surface area contributed by atoms with Gasteiger partial charge in [0.05, 0.1) is 19.0 Å². The quantitative estimate of drug-likeness (QED) is 0.570. The number of anilines is 1. The Bertz CT molecular complexity index is 1060. The maximum Gasteiger partial charge on any atom is 0.435 e. The van der Waals surface area contributed by atoms with Gasteiger partial charge in [0.15, 0.2) is 11.5 Å². The van der Waals surface area contributed by atoms with Crippen LogP contribution in [-0.2, 0) is 24.1 Å². The van der Waals surface area contributed by atoms with Crippen LogP contribution in [0.1, 0.15) is 23.9 Å². The Morgan fingerprint density at radius 3 is 2.63 bits per heavy atom. The number of hydrogen-bond acceptors (Lipinski definition) is 3. The molecule has 0 bridgehead atoms. The van der Waals surface area contributed by atoms with Gasteiger partial charge in [0, 0.05) is 11.9 Å². The van der Waals surface area contributed by atoms with Crippen molar-refractivity contribution in [1.29, 1.82) is 0 Å². The molecule has 3 rings (SSSR count). The summed E-state index contributed by atoms with van der Waals surface area (Å²) in [7, 11) is 0. The van der Waals surface area contributed by atoms with Gasteiger partial charge < -0.3 is 5.32 Å². The zero-order chi connectivity index (χ0) is 22.1. The molecule has 1 N–H and O–H groups in total. The molecule has 0 aliphatic heterocycles. The van der Waals surface area contributed by atoms with Crippen LogP contribution in [0.2, 0.25) is 5.02 Å². The van der Waals surface area contributed by atoms with Crippen molar-refractivity contribution < 1.29 is 22.4 Å². The summed E-state index contributed by atoms with van der Waals surface area (Å²) in [6.07, 6.45) is -3.07. The first-order valence-electron chi connectivity index (χ1n) is 8.93. The van der Waals surface area contributed by atoms with Crippen molar-refractivity contribution in [3.05, 3.63) is 64.3 Å². The summed E-state index contributed by atoms with van der Waals surface area (Å²) in [5, 5.41) is 10.4. The molecule has 1 amide bonds. The van der Waals surface area contributed by atoms with Crippen molar-refractivity contribution in [2.75, 3.05) is 5.32 Å². The highest BCUT2D eigenvalue weighted by atomic mass is 35.5. The lowest BCUT2D eigenvalue weighted by molar-refractivity contribution is -0.141. The molecule has 0 aliphatic rings. The largest absolute Gasteiger partial charge is 0.435 e. The highest BCUT2D eigenvalue weighted by molar-refractivity contribution is 6.33. The van der Waals surface area contributed by atoms with Gasteiger partial charge in [-0.1, -0.05) is 30.7 Å². The first kappa shape index (κ1) is 21.8. The fourth-order valence-corrected chi connectivity index (χ4v) is 3.00. The van der Waals surface area contributed by atoms with Crippen LogP contribution in [-0.4, -0.2) is 25.5 Å². The van der Waals surface area contributed by atoms with E-state index in [2.05, 4.69) is 15.5 Å². The zero-order valence-corrected chi connectivity index (χ0v) is 16.8. The van der Waals surface area contributed by atoms with E-state index in [1.165, 1.54) is 29.9 Å². The van der Waals surface area contributed by atoms with Gasteiger partial charge in [0.25, 0.3) is 0 Å². The molecule has 30 heavy (non-hydrogen) atoms. The Hall–Kier alpha value is -2.88. The van der Waals surface area contributed by atoms with E-state index in [9.17, 15) is 22.4 Å². The van der Waals surface area contributed by atoms with E-state index >= 15 is 0 Å². The molecule has 0 saturated heterocycles. The Morgan fingerprint density at radius 1 is 1.27 bits per heavy atom. The minimum absolute atomic E-state index is 0.0463. The topological polar surface area (TPSA) is 64.7 Å². The standard InChI is InChI=1S/C19H18ClF4N5O/c1-11(8-29-12(2)6-16(26-29)19(22,23)24)18(30)25-17-15(20)10-28(27-17)9-13-4-3-5-14(21)7-13/h3-7,10-11H,8-9H2,1-2H3,(H,25,27,30). The summed E-state index contributed by atoms with van der Waals surface area (Å²) >= 11 is 6.12. The van der Waals surface area contributed by atoms with Crippen LogP contribution in [0.4, 0.5) is 23.4 Å². The third kappa shape index (κ3) is 5.18. The highest BCUT2D eigenvalue weighted by Gasteiger charge is 2.34. The van der Waals surface area contributed by atoms with Gasteiger partial charge in [-0.2, -0.15) is 23.4 Å². The van der Waals surface area contributed by atoms with E-state index in [4.69, 9.17) is 11.6 Å². The van der Waals surface area contributed by atoms with Gasteiger partial charge >= 0.3 is 6.18 Å². The van der Waals surface area contributed by atoms with Crippen LogP contribution in [0, 0.1) is 18.7 Å². The monoisotopic (exact) mass is 443 g/mol. The number of aryl methyl sites for hydroxylation is 1. The summed E-state index contributed by atoms with van der Waals surface area (Å²) < 4.78 is 54.3. The number of halogens is 5. The van der Waals surface area contributed by atoms with Gasteiger partial charge in [-0.25, -0.2) is 4.39 Å². The Labute approximate surface area is 174 Å². The number of amides is 1. The van der Waals surface area contributed by atoms with Crippen LogP contribution in [0.3, 0.4) is 0 Å². The third-order valence-electron chi connectivity index (χ3n) is 4.36. The summed E-state index contributed by atoms with van der Waals surface area (Å²) in [6, 6.07) is 6.90. The second kappa shape index (κ2) is 8.47. The zero-order valence-electron chi connectivity index (χ0n) is 16.0. The molecule has 0 aliphatic carbocycles. The molecule has 2 aromatic heterocycles. The lowest BCUT2D eigenvalue weighted by Gasteiger charge is -2.12. The maximum atomic E-state index is 13.3. The second-order valence-electron chi connectivity index (χ2n) is 6.89. The van der Waals surface area contributed by atoms with Gasteiger partial charge in [0.2, 0.25) is 5.91 Å². The van der Waals surface area contributed by atoms with Crippen molar-refractivity contribution in [1.82, 2.24) is 19.6 Å². The van der Waals surface area contributed by atoms with Gasteiger partial charge in [-0.15, -0.1) is 0 Å². The summed E-state index contributed by atoms with van der Waals surface area (Å²) in [4.78, 5) is 12.5. The first-order valence-corrected chi connectivity index (χ1v) is 9.30. The number of aromatic nitrogens is 4. The molecule has 3 aromatic rings. The fourth-order valence-electron chi connectivity index (χ4n) is 2.80. The molecule has 0 spiro atoms. The molecule has 0 saturated carbocycles. The molecule has 0 fully saturated rings. The van der Waals surface area contributed by atoms with Crippen molar-refractivity contribution >= 4 is 23.3 Å². The lowest BCUT2D eigenvalue weighted by atomic mass is 10.1. The number of benzene rings is 1. The molecule has 1 aromatic carbocycles. The fraction of sp³-hybridized carbons (Fsp3) is 0.316. The Kier molecular flexibility index (Phi) is 6.16. The van der Waals surface area contributed by atoms with Crippen LogP contribution >= 0.6 is 11.6 Å². The summed E-state index contributed by atoms with van der Waals surface area (Å²) in [5.74, 6) is -1.45. The molecule has 6 nitrogen and oxygen atoms in total. The Balaban J connectivity index is 1.66. The normalized spacial score (nSPS) is 12.8. The SMILES string of the molecule is Cc1cc(C(F)(F)F)nn1CC(C)C(=O)Nc1nn(Cc2cccc(F)c2)cc1Cl. The van der Waals surface area contributed by atoms with Crippen LogP contribution in [0.25, 0.3) is 0 Å². The van der Waals surface area contributed by atoms with Crippen molar-refractivity contribution in [3.63, 3.8) is 0 Å². The number of carbonyl (C=O) groups excluding carboxylic acids is 1. The number of carbonyl (C=O) groups is 1. The number of alkyl halides is 3. The maximum absolute atomic E-state index is 13.3. The smallest absolute Gasteiger partial charge is 0.308 e. The summed E-state index contributed by atoms with van der Waals surface area (Å²) in [6.45, 7) is 3.24. The molecule has 160 valence electrons. The third-order valence-corrected chi connectivity index (χ3v) is 4.63. The van der Waals surface area contributed by atoms with Gasteiger partial charge in [-0.05, 0) is 30.7 Å². The van der Waals surface area contributed by atoms with E-state index < -0.39 is 23.7 Å². The average molecular weight is 444 g/mol. The van der Waals surface area contributed by atoms with E-state index in [0.29, 0.717) is 11.3 Å². The number of nitrogens with zero attached hydrogens (tertiary/aromatic N) is 4. The number of rotatable bonds is 6. The number of nitrogens with one attached hydrogen (secondary N) is 1. The van der Waals surface area contributed by atoms with Crippen LogP contribution in [0.15, 0.2) is 36.5 Å². The molecular weight excluding hydrogens is 426 g/mol. The van der Waals surface area contributed by atoms with Crippen LogP contribution in [0.5, 0.6) is 0 Å². The van der Waals surface area contributed by atoms with Crippen molar-refractivity contribution in [2.24, 2.45) is 5.92 Å². The van der Waals surface area contributed by atoms with Crippen molar-refractivity contribution in [2.45, 2.75) is 33.1 Å². The Morgan fingerprint density at radius 2 is 2.00 bits per heavy atom. The van der Waals surface area contributed by atoms with E-state index in [-0.39, 0.29) is 29.7 Å². The summed E-state index contributed by atoms with van der Waals surface area (Å²) in [5.41, 5.74) is -0.0545. The predicted octanol–water partition coefficient (Wildman–Crippen LogP) is 4.52. The van der Waals surface area contributed by atoms with E-state index in [1.54, 1.807) is 19.1 Å².